The van der Waals surface area contributed by atoms with Gasteiger partial charge in [0.1, 0.15) is 0 Å². The molecule has 0 saturated carbocycles. The van der Waals surface area contributed by atoms with Gasteiger partial charge in [-0.25, -0.2) is 4.98 Å². The van der Waals surface area contributed by atoms with Crippen LogP contribution < -0.4 is 5.32 Å². The van der Waals surface area contributed by atoms with Gasteiger partial charge in [0, 0.05) is 18.5 Å². The molecule has 16 heavy (non-hydrogen) atoms. The second kappa shape index (κ2) is 5.12. The number of aliphatic hydroxyl groups is 1. The zero-order chi connectivity index (χ0) is 12.2. The molecule has 1 aromatic rings. The summed E-state index contributed by atoms with van der Waals surface area (Å²) in [6, 6.07) is 0. The number of aromatic nitrogens is 2. The Hall–Kier alpha value is -1.36. The summed E-state index contributed by atoms with van der Waals surface area (Å²) in [5, 5.41) is 11.9. The Morgan fingerprint density at radius 3 is 2.81 bits per heavy atom. The van der Waals surface area contributed by atoms with Crippen molar-refractivity contribution in [2.45, 2.75) is 45.9 Å². The Morgan fingerprint density at radius 2 is 2.25 bits per heavy atom. The number of amides is 1. The van der Waals surface area contributed by atoms with Gasteiger partial charge in [-0.05, 0) is 20.8 Å². The van der Waals surface area contributed by atoms with Gasteiger partial charge in [0.05, 0.1) is 24.8 Å². The standard InChI is InChI=1S/C11H19N3O2/c1-11(2,3)13-10(16)4-5-14-8-12-6-9(14)7-15/h6,8,15H,4-5,7H2,1-3H3,(H,13,16). The summed E-state index contributed by atoms with van der Waals surface area (Å²) in [6.07, 6.45) is 3.61. The number of rotatable bonds is 4. The van der Waals surface area contributed by atoms with Crippen molar-refractivity contribution in [2.24, 2.45) is 0 Å². The SMILES string of the molecule is CC(C)(C)NC(=O)CCn1cncc1CO. The molecule has 0 unspecified atom stereocenters. The van der Waals surface area contributed by atoms with Crippen LogP contribution in [0.15, 0.2) is 12.5 Å². The molecule has 0 aliphatic rings. The monoisotopic (exact) mass is 225 g/mol. The minimum absolute atomic E-state index is 0.00471. The summed E-state index contributed by atoms with van der Waals surface area (Å²) < 4.78 is 1.78. The third-order valence-electron chi connectivity index (χ3n) is 2.05. The van der Waals surface area contributed by atoms with Crippen molar-refractivity contribution in [1.82, 2.24) is 14.9 Å². The first-order valence-electron chi connectivity index (χ1n) is 5.33. The lowest BCUT2D eigenvalue weighted by molar-refractivity contribution is -0.122. The topological polar surface area (TPSA) is 67.2 Å². The molecule has 5 nitrogen and oxygen atoms in total. The van der Waals surface area contributed by atoms with Gasteiger partial charge in [0.25, 0.3) is 0 Å². The number of hydrogen-bond acceptors (Lipinski definition) is 3. The van der Waals surface area contributed by atoms with Crippen LogP contribution in [0, 0.1) is 0 Å². The maximum absolute atomic E-state index is 11.5. The Balaban J connectivity index is 2.43. The van der Waals surface area contributed by atoms with Crippen LogP contribution in [-0.4, -0.2) is 26.1 Å². The number of aryl methyl sites for hydroxylation is 1. The van der Waals surface area contributed by atoms with Gasteiger partial charge in [-0.15, -0.1) is 0 Å². The van der Waals surface area contributed by atoms with E-state index in [0.29, 0.717) is 13.0 Å². The molecule has 0 fully saturated rings. The lowest BCUT2D eigenvalue weighted by Gasteiger charge is -2.20. The van der Waals surface area contributed by atoms with Crippen molar-refractivity contribution < 1.29 is 9.90 Å². The average Bonchev–Trinajstić information content (AvgIpc) is 2.59. The van der Waals surface area contributed by atoms with Crippen LogP contribution in [-0.2, 0) is 17.9 Å². The molecule has 90 valence electrons. The van der Waals surface area contributed by atoms with E-state index in [2.05, 4.69) is 10.3 Å². The maximum atomic E-state index is 11.5. The Morgan fingerprint density at radius 1 is 1.56 bits per heavy atom. The summed E-state index contributed by atoms with van der Waals surface area (Å²) in [5.74, 6) is 0.00471. The van der Waals surface area contributed by atoms with Gasteiger partial charge in [-0.3, -0.25) is 4.79 Å². The van der Waals surface area contributed by atoms with Crippen molar-refractivity contribution in [3.63, 3.8) is 0 Å². The van der Waals surface area contributed by atoms with Gasteiger partial charge >= 0.3 is 0 Å². The lowest BCUT2D eigenvalue weighted by atomic mass is 10.1. The minimum Gasteiger partial charge on any atom is -0.390 e. The van der Waals surface area contributed by atoms with E-state index in [1.807, 2.05) is 20.8 Å². The van der Waals surface area contributed by atoms with Crippen LogP contribution >= 0.6 is 0 Å². The van der Waals surface area contributed by atoms with E-state index in [-0.39, 0.29) is 18.1 Å². The molecule has 0 aliphatic carbocycles. The quantitative estimate of drug-likeness (QED) is 0.792. The molecule has 0 atom stereocenters. The molecule has 0 spiro atoms. The first-order chi connectivity index (χ1) is 7.42. The number of nitrogens with zero attached hydrogens (tertiary/aromatic N) is 2. The number of imidazole rings is 1. The van der Waals surface area contributed by atoms with Gasteiger partial charge in [-0.1, -0.05) is 0 Å². The molecular weight excluding hydrogens is 206 g/mol. The Kier molecular flexibility index (Phi) is 4.06. The Labute approximate surface area is 95.5 Å². The van der Waals surface area contributed by atoms with E-state index in [1.54, 1.807) is 17.1 Å². The molecule has 1 heterocycles. The second-order valence-corrected chi connectivity index (χ2v) is 4.78. The van der Waals surface area contributed by atoms with Crippen LogP contribution in [0.3, 0.4) is 0 Å². The number of carbonyl (C=O) groups is 1. The van der Waals surface area contributed by atoms with Gasteiger partial charge in [0.2, 0.25) is 5.91 Å². The third kappa shape index (κ3) is 4.02. The largest absolute Gasteiger partial charge is 0.390 e. The molecule has 1 rings (SSSR count). The van der Waals surface area contributed by atoms with E-state index in [0.717, 1.165) is 5.69 Å². The van der Waals surface area contributed by atoms with Crippen molar-refractivity contribution in [3.05, 3.63) is 18.2 Å². The fourth-order valence-electron chi connectivity index (χ4n) is 1.38. The molecular formula is C11H19N3O2. The summed E-state index contributed by atoms with van der Waals surface area (Å²) in [6.45, 7) is 6.32. The third-order valence-corrected chi connectivity index (χ3v) is 2.05. The van der Waals surface area contributed by atoms with Crippen molar-refractivity contribution in [1.29, 1.82) is 0 Å². The van der Waals surface area contributed by atoms with Crippen molar-refractivity contribution in [3.8, 4) is 0 Å². The van der Waals surface area contributed by atoms with E-state index in [1.165, 1.54) is 0 Å². The fraction of sp³-hybridized carbons (Fsp3) is 0.636. The first-order valence-corrected chi connectivity index (χ1v) is 5.33. The zero-order valence-corrected chi connectivity index (χ0v) is 10.0. The fourth-order valence-corrected chi connectivity index (χ4v) is 1.38. The predicted octanol–water partition coefficient (Wildman–Crippen LogP) is 0.680. The van der Waals surface area contributed by atoms with E-state index >= 15 is 0 Å². The van der Waals surface area contributed by atoms with Crippen LogP contribution in [0.5, 0.6) is 0 Å². The second-order valence-electron chi connectivity index (χ2n) is 4.78. The minimum atomic E-state index is -0.203. The summed E-state index contributed by atoms with van der Waals surface area (Å²) in [5.41, 5.74) is 0.523. The molecule has 0 bridgehead atoms. The average molecular weight is 225 g/mol. The maximum Gasteiger partial charge on any atom is 0.222 e. The van der Waals surface area contributed by atoms with Crippen LogP contribution in [0.1, 0.15) is 32.9 Å². The number of aliphatic hydroxyl groups excluding tert-OH is 1. The van der Waals surface area contributed by atoms with E-state index in [9.17, 15) is 4.79 Å². The predicted molar refractivity (Wildman–Crippen MR) is 60.7 cm³/mol. The highest BCUT2D eigenvalue weighted by Gasteiger charge is 2.13. The first kappa shape index (κ1) is 12.7. The normalized spacial score (nSPS) is 11.5. The van der Waals surface area contributed by atoms with Crippen LogP contribution in [0.2, 0.25) is 0 Å². The summed E-state index contributed by atoms with van der Waals surface area (Å²) in [4.78, 5) is 15.5. The highest BCUT2D eigenvalue weighted by atomic mass is 16.3. The van der Waals surface area contributed by atoms with Crippen LogP contribution in [0.4, 0.5) is 0 Å². The smallest absolute Gasteiger partial charge is 0.222 e. The molecule has 5 heteroatoms. The molecule has 2 N–H and O–H groups in total. The molecule has 1 amide bonds. The molecule has 0 aliphatic heterocycles. The van der Waals surface area contributed by atoms with Crippen LogP contribution in [0.25, 0.3) is 0 Å². The van der Waals surface area contributed by atoms with E-state index in [4.69, 9.17) is 5.11 Å². The van der Waals surface area contributed by atoms with Gasteiger partial charge in [-0.2, -0.15) is 0 Å². The van der Waals surface area contributed by atoms with E-state index < -0.39 is 0 Å². The van der Waals surface area contributed by atoms with Gasteiger partial charge in [0.15, 0.2) is 0 Å². The van der Waals surface area contributed by atoms with Crippen molar-refractivity contribution in [2.75, 3.05) is 0 Å². The lowest BCUT2D eigenvalue weighted by Crippen LogP contribution is -2.40. The molecule has 1 aromatic heterocycles. The zero-order valence-electron chi connectivity index (χ0n) is 10.0. The Bertz CT molecular complexity index is 352. The molecule has 0 saturated heterocycles. The number of hydrogen-bond donors (Lipinski definition) is 2. The highest BCUT2D eigenvalue weighted by molar-refractivity contribution is 5.76. The molecule has 0 radical (unpaired) electrons. The summed E-state index contributed by atoms with van der Waals surface area (Å²) in [7, 11) is 0. The molecule has 0 aromatic carbocycles. The highest BCUT2D eigenvalue weighted by Crippen LogP contribution is 2.03. The van der Waals surface area contributed by atoms with Crippen molar-refractivity contribution >= 4 is 5.91 Å². The van der Waals surface area contributed by atoms with Gasteiger partial charge < -0.3 is 15.0 Å². The summed E-state index contributed by atoms with van der Waals surface area (Å²) >= 11 is 0. The number of nitrogens with one attached hydrogen (secondary N) is 1. The number of carbonyl (C=O) groups excluding carboxylic acids is 1.